The molecule has 27 heavy (non-hydrogen) atoms. The van der Waals surface area contributed by atoms with Gasteiger partial charge in [0.2, 0.25) is 10.0 Å². The topological polar surface area (TPSA) is 46.6 Å². The first-order valence-corrected chi connectivity index (χ1v) is 10.7. The van der Waals surface area contributed by atoms with Gasteiger partial charge in [0, 0.05) is 13.1 Å². The van der Waals surface area contributed by atoms with Gasteiger partial charge < -0.3 is 4.74 Å². The van der Waals surface area contributed by atoms with Crippen LogP contribution in [0.3, 0.4) is 0 Å². The molecule has 1 aliphatic heterocycles. The van der Waals surface area contributed by atoms with Crippen LogP contribution in [0, 0.1) is 0 Å². The van der Waals surface area contributed by atoms with Crippen LogP contribution in [-0.2, 0) is 21.4 Å². The highest BCUT2D eigenvalue weighted by Gasteiger charge is 2.29. The average molecular weight is 381 g/mol. The number of hydrogen-bond acceptors (Lipinski definition) is 3. The lowest BCUT2D eigenvalue weighted by atomic mass is 10.1. The Morgan fingerprint density at radius 3 is 2.26 bits per heavy atom. The summed E-state index contributed by atoms with van der Waals surface area (Å²) in [6.45, 7) is 1.56. The number of benzene rings is 3. The Labute approximate surface area is 160 Å². The summed E-state index contributed by atoms with van der Waals surface area (Å²) >= 11 is 0. The molecule has 0 spiro atoms. The fourth-order valence-electron chi connectivity index (χ4n) is 3.50. The lowest BCUT2D eigenvalue weighted by molar-refractivity contribution is 0.0102. The number of fused-ring (bicyclic) bond motifs is 1. The zero-order valence-corrected chi connectivity index (χ0v) is 15.9. The number of sulfonamides is 1. The van der Waals surface area contributed by atoms with Gasteiger partial charge in [0.25, 0.3) is 0 Å². The molecule has 4 rings (SSSR count). The van der Waals surface area contributed by atoms with E-state index in [0.717, 1.165) is 29.2 Å². The fourth-order valence-corrected chi connectivity index (χ4v) is 5.01. The molecule has 4 nitrogen and oxygen atoms in total. The molecular weight excluding hydrogens is 358 g/mol. The van der Waals surface area contributed by atoms with Gasteiger partial charge in [-0.2, -0.15) is 4.31 Å². The Kier molecular flexibility index (Phi) is 5.25. The van der Waals surface area contributed by atoms with Gasteiger partial charge in [-0.15, -0.1) is 0 Å². The molecular formula is C22H23NO3S. The zero-order chi connectivity index (χ0) is 18.7. The van der Waals surface area contributed by atoms with Gasteiger partial charge in [-0.05, 0) is 41.3 Å². The van der Waals surface area contributed by atoms with E-state index >= 15 is 0 Å². The molecule has 140 valence electrons. The monoisotopic (exact) mass is 381 g/mol. The average Bonchev–Trinajstić information content (AvgIpc) is 2.73. The summed E-state index contributed by atoms with van der Waals surface area (Å²) < 4.78 is 33.6. The number of piperidine rings is 1. The Morgan fingerprint density at radius 2 is 1.52 bits per heavy atom. The van der Waals surface area contributed by atoms with Crippen molar-refractivity contribution >= 4 is 20.8 Å². The fraction of sp³-hybridized carbons (Fsp3) is 0.273. The van der Waals surface area contributed by atoms with Crippen molar-refractivity contribution in [1.82, 2.24) is 4.31 Å². The van der Waals surface area contributed by atoms with E-state index in [1.54, 1.807) is 16.4 Å². The first kappa shape index (κ1) is 18.2. The smallest absolute Gasteiger partial charge is 0.243 e. The van der Waals surface area contributed by atoms with Crippen molar-refractivity contribution in [3.8, 4) is 0 Å². The first-order chi connectivity index (χ1) is 13.1. The third-order valence-electron chi connectivity index (χ3n) is 5.09. The summed E-state index contributed by atoms with van der Waals surface area (Å²) in [6, 6.07) is 23.2. The molecule has 0 bridgehead atoms. The standard InChI is InChI=1S/C22H23NO3S/c24-27(25,22-11-10-19-8-4-5-9-20(19)16-22)23-14-12-21(13-15-23)26-17-18-6-2-1-3-7-18/h1-11,16,21H,12-15,17H2. The molecule has 0 N–H and O–H groups in total. The summed E-state index contributed by atoms with van der Waals surface area (Å²) in [4.78, 5) is 0.366. The summed E-state index contributed by atoms with van der Waals surface area (Å²) in [7, 11) is -3.47. The minimum atomic E-state index is -3.47. The maximum absolute atomic E-state index is 13.0. The van der Waals surface area contributed by atoms with Gasteiger partial charge in [-0.25, -0.2) is 8.42 Å². The quantitative estimate of drug-likeness (QED) is 0.665. The maximum Gasteiger partial charge on any atom is 0.243 e. The SMILES string of the molecule is O=S(=O)(c1ccc2ccccc2c1)N1CCC(OCc2ccccc2)CC1. The molecule has 3 aromatic carbocycles. The van der Waals surface area contributed by atoms with Gasteiger partial charge in [0.1, 0.15) is 0 Å². The summed E-state index contributed by atoms with van der Waals surface area (Å²) in [6.07, 6.45) is 1.55. The molecule has 1 fully saturated rings. The van der Waals surface area contributed by atoms with Crippen LogP contribution in [0.2, 0.25) is 0 Å². The number of rotatable bonds is 5. The van der Waals surface area contributed by atoms with Crippen molar-refractivity contribution in [3.63, 3.8) is 0 Å². The number of nitrogens with zero attached hydrogens (tertiary/aromatic N) is 1. The molecule has 0 saturated carbocycles. The van der Waals surface area contributed by atoms with Crippen LogP contribution >= 0.6 is 0 Å². The first-order valence-electron chi connectivity index (χ1n) is 9.27. The Bertz CT molecular complexity index is 1010. The second-order valence-electron chi connectivity index (χ2n) is 6.91. The van der Waals surface area contributed by atoms with Crippen LogP contribution in [0.4, 0.5) is 0 Å². The molecule has 0 unspecified atom stereocenters. The van der Waals surface area contributed by atoms with Gasteiger partial charge in [-0.3, -0.25) is 0 Å². The second-order valence-corrected chi connectivity index (χ2v) is 8.85. The van der Waals surface area contributed by atoms with Crippen LogP contribution in [0.25, 0.3) is 10.8 Å². The van der Waals surface area contributed by atoms with E-state index in [1.165, 1.54) is 0 Å². The van der Waals surface area contributed by atoms with E-state index in [4.69, 9.17) is 4.74 Å². The van der Waals surface area contributed by atoms with E-state index in [9.17, 15) is 8.42 Å². The van der Waals surface area contributed by atoms with Crippen molar-refractivity contribution in [2.75, 3.05) is 13.1 Å². The van der Waals surface area contributed by atoms with Crippen LogP contribution < -0.4 is 0 Å². The predicted octanol–water partition coefficient (Wildman–Crippen LogP) is 4.21. The van der Waals surface area contributed by atoms with Crippen LogP contribution in [0.15, 0.2) is 77.7 Å². The van der Waals surface area contributed by atoms with Gasteiger partial charge >= 0.3 is 0 Å². The van der Waals surface area contributed by atoms with Gasteiger partial charge in [0.15, 0.2) is 0 Å². The molecule has 0 aromatic heterocycles. The maximum atomic E-state index is 13.0. The number of ether oxygens (including phenoxy) is 1. The van der Waals surface area contributed by atoms with Gasteiger partial charge in [0.05, 0.1) is 17.6 Å². The van der Waals surface area contributed by atoms with E-state index in [0.29, 0.717) is 24.6 Å². The summed E-state index contributed by atoms with van der Waals surface area (Å²) in [5.41, 5.74) is 1.14. The molecule has 1 saturated heterocycles. The largest absolute Gasteiger partial charge is 0.373 e. The van der Waals surface area contributed by atoms with E-state index in [1.807, 2.05) is 60.7 Å². The third kappa shape index (κ3) is 4.05. The molecule has 3 aromatic rings. The van der Waals surface area contributed by atoms with Crippen molar-refractivity contribution in [1.29, 1.82) is 0 Å². The Balaban J connectivity index is 1.40. The molecule has 1 aliphatic rings. The molecule has 5 heteroatoms. The van der Waals surface area contributed by atoms with E-state index in [-0.39, 0.29) is 6.10 Å². The summed E-state index contributed by atoms with van der Waals surface area (Å²) in [5, 5.41) is 1.99. The molecule has 0 aliphatic carbocycles. The van der Waals surface area contributed by atoms with Crippen molar-refractivity contribution in [2.24, 2.45) is 0 Å². The highest BCUT2D eigenvalue weighted by Crippen LogP contribution is 2.25. The highest BCUT2D eigenvalue weighted by molar-refractivity contribution is 7.89. The zero-order valence-electron chi connectivity index (χ0n) is 15.1. The Hall–Kier alpha value is -2.21. The molecule has 1 heterocycles. The van der Waals surface area contributed by atoms with Crippen LogP contribution in [0.1, 0.15) is 18.4 Å². The van der Waals surface area contributed by atoms with E-state index in [2.05, 4.69) is 0 Å². The van der Waals surface area contributed by atoms with Crippen LogP contribution in [-0.4, -0.2) is 31.9 Å². The summed E-state index contributed by atoms with van der Waals surface area (Å²) in [5.74, 6) is 0. The highest BCUT2D eigenvalue weighted by atomic mass is 32.2. The minimum Gasteiger partial charge on any atom is -0.373 e. The molecule has 0 atom stereocenters. The van der Waals surface area contributed by atoms with Crippen LogP contribution in [0.5, 0.6) is 0 Å². The Morgan fingerprint density at radius 1 is 0.852 bits per heavy atom. The van der Waals surface area contributed by atoms with Crippen molar-refractivity contribution < 1.29 is 13.2 Å². The van der Waals surface area contributed by atoms with E-state index < -0.39 is 10.0 Å². The third-order valence-corrected chi connectivity index (χ3v) is 6.98. The minimum absolute atomic E-state index is 0.105. The van der Waals surface area contributed by atoms with Gasteiger partial charge in [-0.1, -0.05) is 60.7 Å². The molecule has 0 amide bonds. The second kappa shape index (κ2) is 7.80. The lowest BCUT2D eigenvalue weighted by Gasteiger charge is -2.31. The lowest BCUT2D eigenvalue weighted by Crippen LogP contribution is -2.40. The predicted molar refractivity (Wildman–Crippen MR) is 107 cm³/mol. The normalized spacial score (nSPS) is 16.6. The van der Waals surface area contributed by atoms with Crippen molar-refractivity contribution in [2.45, 2.75) is 30.4 Å². The van der Waals surface area contributed by atoms with Crippen molar-refractivity contribution in [3.05, 3.63) is 78.4 Å². The molecule has 0 radical (unpaired) electrons. The number of hydrogen-bond donors (Lipinski definition) is 0.